The average molecular weight is 518 g/mol. The molecule has 2 saturated heterocycles. The highest BCUT2D eigenvalue weighted by molar-refractivity contribution is 5.79. The quantitative estimate of drug-likeness (QED) is 0.629. The van der Waals surface area contributed by atoms with E-state index in [-0.39, 0.29) is 17.9 Å². The topological polar surface area (TPSA) is 81.6 Å². The number of nitrogens with one attached hydrogen (secondary N) is 1. The Balaban J connectivity index is 1.07. The second-order valence-corrected chi connectivity index (χ2v) is 10.6. The van der Waals surface area contributed by atoms with Gasteiger partial charge in [-0.1, -0.05) is 12.1 Å². The highest BCUT2D eigenvalue weighted by Gasteiger charge is 2.38. The number of anilines is 1. The lowest BCUT2D eigenvalue weighted by Crippen LogP contribution is -2.46. The number of rotatable bonds is 5. The van der Waals surface area contributed by atoms with Crippen LogP contribution < -0.4 is 10.2 Å². The van der Waals surface area contributed by atoms with Crippen LogP contribution in [0, 0.1) is 5.92 Å². The fourth-order valence-corrected chi connectivity index (χ4v) is 5.96. The van der Waals surface area contributed by atoms with E-state index in [4.69, 9.17) is 0 Å². The number of pyridine rings is 2. The van der Waals surface area contributed by atoms with E-state index < -0.39 is 17.5 Å². The van der Waals surface area contributed by atoms with Gasteiger partial charge in [0.05, 0.1) is 5.69 Å². The first kappa shape index (κ1) is 25.9. The molecule has 2 aromatic heterocycles. The van der Waals surface area contributed by atoms with Crippen molar-refractivity contribution < 1.29 is 23.1 Å². The van der Waals surface area contributed by atoms with Gasteiger partial charge in [-0.25, -0.2) is 4.98 Å². The number of aromatic nitrogens is 2. The molecule has 0 aromatic carbocycles. The van der Waals surface area contributed by atoms with Gasteiger partial charge in [0.25, 0.3) is 0 Å². The molecule has 3 aliphatic rings. The molecule has 37 heavy (non-hydrogen) atoms. The first-order valence-corrected chi connectivity index (χ1v) is 13.2. The van der Waals surface area contributed by atoms with Crippen molar-refractivity contribution in [2.75, 3.05) is 31.1 Å². The van der Waals surface area contributed by atoms with Gasteiger partial charge in [-0.3, -0.25) is 9.78 Å². The number of nitrogens with zero attached hydrogens (tertiary/aromatic N) is 4. The lowest BCUT2D eigenvalue weighted by molar-refractivity contribution is -0.141. The summed E-state index contributed by atoms with van der Waals surface area (Å²) in [6, 6.07) is 10.1. The summed E-state index contributed by atoms with van der Waals surface area (Å²) in [6.45, 7) is 2.43. The zero-order valence-corrected chi connectivity index (χ0v) is 20.8. The molecule has 1 atom stereocenters. The zero-order valence-electron chi connectivity index (χ0n) is 20.8. The van der Waals surface area contributed by atoms with Crippen molar-refractivity contribution in [1.29, 1.82) is 0 Å². The molecule has 4 heterocycles. The predicted molar refractivity (Wildman–Crippen MR) is 133 cm³/mol. The van der Waals surface area contributed by atoms with Gasteiger partial charge < -0.3 is 20.2 Å². The van der Waals surface area contributed by atoms with Gasteiger partial charge in [0.2, 0.25) is 5.91 Å². The Bertz CT molecular complexity index is 1070. The van der Waals surface area contributed by atoms with Crippen LogP contribution in [0.1, 0.15) is 56.3 Å². The minimum atomic E-state index is -4.47. The van der Waals surface area contributed by atoms with Crippen molar-refractivity contribution in [3.05, 3.63) is 54.0 Å². The van der Waals surface area contributed by atoms with Gasteiger partial charge in [-0.15, -0.1) is 0 Å². The van der Waals surface area contributed by atoms with Crippen LogP contribution in [0.25, 0.3) is 0 Å². The maximum absolute atomic E-state index is 13.2. The van der Waals surface area contributed by atoms with E-state index in [2.05, 4.69) is 15.3 Å². The van der Waals surface area contributed by atoms with E-state index in [0.29, 0.717) is 57.2 Å². The van der Waals surface area contributed by atoms with Crippen LogP contribution >= 0.6 is 0 Å². The number of aliphatic hydroxyl groups is 1. The number of piperidine rings is 1. The molecule has 1 amide bonds. The fraction of sp³-hybridized carbons (Fsp3) is 0.593. The fourth-order valence-electron chi connectivity index (χ4n) is 5.96. The van der Waals surface area contributed by atoms with Gasteiger partial charge in [-0.05, 0) is 69.2 Å². The van der Waals surface area contributed by atoms with Crippen LogP contribution in [0.3, 0.4) is 0 Å². The molecule has 3 fully saturated rings. The minimum Gasteiger partial charge on any atom is -0.384 e. The van der Waals surface area contributed by atoms with Crippen molar-refractivity contribution in [2.45, 2.75) is 68.8 Å². The van der Waals surface area contributed by atoms with Crippen molar-refractivity contribution in [2.24, 2.45) is 5.92 Å². The number of halogens is 3. The first-order chi connectivity index (χ1) is 17.7. The molecule has 1 saturated carbocycles. The summed E-state index contributed by atoms with van der Waals surface area (Å²) in [4.78, 5) is 25.1. The van der Waals surface area contributed by atoms with E-state index >= 15 is 0 Å². The standard InChI is InChI=1S/C27H34F3N5O2/c28-27(29,30)23-5-3-6-24(33-23)34-15-9-19(10-16-34)25(36)35-17-11-21(18-35)32-20-7-12-26(37,13-8-20)22-4-1-2-14-31-22/h1-6,14,19-21,32,37H,7-13,15-18H2. The summed E-state index contributed by atoms with van der Waals surface area (Å²) >= 11 is 0. The van der Waals surface area contributed by atoms with Crippen molar-refractivity contribution in [3.8, 4) is 0 Å². The second kappa shape index (κ2) is 10.6. The molecular weight excluding hydrogens is 483 g/mol. The SMILES string of the molecule is O=C(C1CCN(c2cccc(C(F)(F)F)n2)CC1)N1CCC(NC2CCC(O)(c3ccccn3)CC2)C1. The van der Waals surface area contributed by atoms with Crippen LogP contribution in [0.5, 0.6) is 0 Å². The van der Waals surface area contributed by atoms with Crippen LogP contribution in [0.15, 0.2) is 42.6 Å². The van der Waals surface area contributed by atoms with Gasteiger partial charge in [0.15, 0.2) is 0 Å². The number of amides is 1. The molecule has 0 spiro atoms. The smallest absolute Gasteiger partial charge is 0.384 e. The van der Waals surface area contributed by atoms with E-state index in [1.165, 1.54) is 6.07 Å². The maximum Gasteiger partial charge on any atom is 0.433 e. The summed E-state index contributed by atoms with van der Waals surface area (Å²) in [5.41, 5.74) is -1.02. The van der Waals surface area contributed by atoms with E-state index in [0.717, 1.165) is 37.6 Å². The van der Waals surface area contributed by atoms with Crippen LogP contribution in [-0.4, -0.2) is 64.1 Å². The minimum absolute atomic E-state index is 0.108. The summed E-state index contributed by atoms with van der Waals surface area (Å²) in [6.07, 6.45) is 2.42. The normalized spacial score (nSPS) is 27.5. The third-order valence-corrected chi connectivity index (χ3v) is 8.12. The van der Waals surface area contributed by atoms with E-state index in [1.54, 1.807) is 12.3 Å². The molecule has 200 valence electrons. The Labute approximate surface area is 215 Å². The molecule has 5 rings (SSSR count). The molecular formula is C27H34F3N5O2. The van der Waals surface area contributed by atoms with Gasteiger partial charge in [0, 0.05) is 50.4 Å². The summed E-state index contributed by atoms with van der Waals surface area (Å²) in [5, 5.41) is 14.7. The van der Waals surface area contributed by atoms with Gasteiger partial charge >= 0.3 is 6.18 Å². The van der Waals surface area contributed by atoms with Crippen molar-refractivity contribution >= 4 is 11.7 Å². The van der Waals surface area contributed by atoms with Gasteiger partial charge in [-0.2, -0.15) is 13.2 Å². The third kappa shape index (κ3) is 5.90. The lowest BCUT2D eigenvalue weighted by atomic mass is 9.79. The second-order valence-electron chi connectivity index (χ2n) is 10.6. The Morgan fingerprint density at radius 2 is 1.73 bits per heavy atom. The predicted octanol–water partition coefficient (Wildman–Crippen LogP) is 3.73. The first-order valence-electron chi connectivity index (χ1n) is 13.2. The van der Waals surface area contributed by atoms with E-state index in [1.807, 2.05) is 28.0 Å². The molecule has 0 radical (unpaired) electrons. The molecule has 2 N–H and O–H groups in total. The average Bonchev–Trinajstić information content (AvgIpc) is 3.38. The number of hydrogen-bond donors (Lipinski definition) is 2. The van der Waals surface area contributed by atoms with Crippen molar-refractivity contribution in [1.82, 2.24) is 20.2 Å². The lowest BCUT2D eigenvalue weighted by Gasteiger charge is -2.37. The molecule has 1 aliphatic carbocycles. The molecule has 0 bridgehead atoms. The largest absolute Gasteiger partial charge is 0.433 e. The molecule has 10 heteroatoms. The number of alkyl halides is 3. The number of hydrogen-bond acceptors (Lipinski definition) is 6. The van der Waals surface area contributed by atoms with Crippen LogP contribution in [0.2, 0.25) is 0 Å². The number of carbonyl (C=O) groups excluding carboxylic acids is 1. The Morgan fingerprint density at radius 1 is 0.973 bits per heavy atom. The summed E-state index contributed by atoms with van der Waals surface area (Å²) in [5.74, 6) is 0.353. The maximum atomic E-state index is 13.2. The molecule has 7 nitrogen and oxygen atoms in total. The van der Waals surface area contributed by atoms with Gasteiger partial charge in [0.1, 0.15) is 17.1 Å². The summed E-state index contributed by atoms with van der Waals surface area (Å²) < 4.78 is 39.0. The third-order valence-electron chi connectivity index (χ3n) is 8.12. The summed E-state index contributed by atoms with van der Waals surface area (Å²) in [7, 11) is 0. The molecule has 1 unspecified atom stereocenters. The highest BCUT2D eigenvalue weighted by atomic mass is 19.4. The van der Waals surface area contributed by atoms with Crippen molar-refractivity contribution in [3.63, 3.8) is 0 Å². The Kier molecular flexibility index (Phi) is 7.40. The van der Waals surface area contributed by atoms with Crippen LogP contribution in [0.4, 0.5) is 19.0 Å². The van der Waals surface area contributed by atoms with E-state index in [9.17, 15) is 23.1 Å². The highest BCUT2D eigenvalue weighted by Crippen LogP contribution is 2.36. The Morgan fingerprint density at radius 3 is 2.41 bits per heavy atom. The van der Waals surface area contributed by atoms with Crippen LogP contribution in [-0.2, 0) is 16.6 Å². The zero-order chi connectivity index (χ0) is 26.0. The molecule has 2 aliphatic heterocycles. The number of likely N-dealkylation sites (tertiary alicyclic amines) is 1. The monoisotopic (exact) mass is 517 g/mol. The Hall–Kier alpha value is -2.72. The number of carbonyl (C=O) groups is 1. The molecule has 2 aromatic rings.